The van der Waals surface area contributed by atoms with Crippen molar-refractivity contribution in [3.05, 3.63) is 0 Å². The van der Waals surface area contributed by atoms with Gasteiger partial charge in [-0.3, -0.25) is 4.79 Å². The summed E-state index contributed by atoms with van der Waals surface area (Å²) < 4.78 is 0. The molecule has 34 valence electrons. The average molecular weight is 125 g/mol. The Labute approximate surface area is 83.7 Å². The number of hydrogen-bond donors (Lipinski definition) is 1. The normalized spacial score (nSPS) is 5.57. The van der Waals surface area contributed by atoms with E-state index in [1.165, 1.54) is 6.07 Å². The van der Waals surface area contributed by atoms with Crippen LogP contribution in [0.2, 0.25) is 0 Å². The topological polar surface area (TPSA) is 61.1 Å². The van der Waals surface area contributed by atoms with E-state index in [-0.39, 0.29) is 51.4 Å². The van der Waals surface area contributed by atoms with E-state index in [9.17, 15) is 4.79 Å². The van der Waals surface area contributed by atoms with Gasteiger partial charge in [-0.05, 0) is 0 Å². The first-order valence-electron chi connectivity index (χ1n) is 1.36. The quantitative estimate of drug-likeness (QED) is 0.473. The third-order valence-corrected chi connectivity index (χ3v) is 0.230. The maximum atomic E-state index is 9.38. The van der Waals surface area contributed by atoms with Crippen molar-refractivity contribution in [2.75, 3.05) is 0 Å². The Morgan fingerprint density at radius 3 is 2.29 bits per heavy atom. The van der Waals surface area contributed by atoms with Gasteiger partial charge in [0.25, 0.3) is 0 Å². The molecular formula is C3H4KNO2. The molecule has 1 N–H and O–H groups in total. The van der Waals surface area contributed by atoms with Gasteiger partial charge in [-0.1, -0.05) is 0 Å². The molecule has 0 aliphatic rings. The minimum absolute atomic E-state index is 0. The van der Waals surface area contributed by atoms with Crippen molar-refractivity contribution in [3.8, 4) is 6.07 Å². The second-order valence-electron chi connectivity index (χ2n) is 0.729. The predicted molar refractivity (Wildman–Crippen MR) is 25.0 cm³/mol. The molecule has 0 aromatic carbocycles. The van der Waals surface area contributed by atoms with Gasteiger partial charge in [0.15, 0.2) is 0 Å². The molecule has 0 heterocycles. The van der Waals surface area contributed by atoms with Crippen molar-refractivity contribution in [2.24, 2.45) is 0 Å². The molecule has 0 bridgehead atoms. The van der Waals surface area contributed by atoms with Crippen molar-refractivity contribution in [3.63, 3.8) is 0 Å². The second kappa shape index (κ2) is 6.60. The molecule has 0 saturated heterocycles. The van der Waals surface area contributed by atoms with E-state index in [0.29, 0.717) is 0 Å². The summed E-state index contributed by atoms with van der Waals surface area (Å²) in [5, 5.41) is 15.3. The summed E-state index contributed by atoms with van der Waals surface area (Å²) in [7, 11) is 0. The van der Waals surface area contributed by atoms with E-state index in [1.807, 2.05) is 0 Å². The molecule has 4 heteroatoms. The Balaban J connectivity index is 0. The molecule has 0 aliphatic carbocycles. The van der Waals surface area contributed by atoms with E-state index in [1.54, 1.807) is 0 Å². The monoisotopic (exact) mass is 125 g/mol. The summed E-state index contributed by atoms with van der Waals surface area (Å²) in [6.07, 6.45) is -0.403. The van der Waals surface area contributed by atoms with Crippen LogP contribution in [0.25, 0.3) is 0 Å². The van der Waals surface area contributed by atoms with Gasteiger partial charge >= 0.3 is 57.4 Å². The number of nitrogens with zero attached hydrogens (tertiary/aromatic N) is 1. The Bertz CT molecular complexity index is 95.6. The fourth-order valence-electron chi connectivity index (χ4n) is 0.0676. The van der Waals surface area contributed by atoms with Crippen molar-refractivity contribution in [1.82, 2.24) is 0 Å². The predicted octanol–water partition coefficient (Wildman–Crippen LogP) is -0.664. The van der Waals surface area contributed by atoms with Crippen LogP contribution in [0.1, 0.15) is 6.42 Å². The Kier molecular flexibility index (Phi) is 9.95. The van der Waals surface area contributed by atoms with Crippen molar-refractivity contribution >= 4 is 57.4 Å². The molecule has 0 atom stereocenters. The molecule has 0 spiro atoms. The zero-order chi connectivity index (χ0) is 4.99. The average Bonchev–Trinajstić information content (AvgIpc) is 1.35. The standard InChI is InChI=1S/C3H3NO2.K.H/c4-2-1-3(5)6;;/h1H2,(H,5,6);;. The maximum absolute atomic E-state index is 9.38. The second-order valence-corrected chi connectivity index (χ2v) is 0.729. The summed E-state index contributed by atoms with van der Waals surface area (Å²) >= 11 is 0. The summed E-state index contributed by atoms with van der Waals surface area (Å²) in [5.74, 6) is -1.07. The van der Waals surface area contributed by atoms with Gasteiger partial charge in [0.2, 0.25) is 0 Å². The minimum atomic E-state index is -1.07. The zero-order valence-corrected chi connectivity index (χ0v) is 3.01. The molecule has 0 amide bonds. The molecule has 0 unspecified atom stereocenters. The molecular weight excluding hydrogens is 121 g/mol. The molecule has 0 aliphatic heterocycles. The van der Waals surface area contributed by atoms with Crippen molar-refractivity contribution in [2.45, 2.75) is 6.42 Å². The van der Waals surface area contributed by atoms with Crippen LogP contribution in [0.4, 0.5) is 0 Å². The molecule has 0 saturated carbocycles. The molecule has 7 heavy (non-hydrogen) atoms. The summed E-state index contributed by atoms with van der Waals surface area (Å²) in [6, 6.07) is 1.47. The molecule has 0 aromatic rings. The van der Waals surface area contributed by atoms with E-state index < -0.39 is 12.4 Å². The van der Waals surface area contributed by atoms with Gasteiger partial charge in [0.1, 0.15) is 6.42 Å². The van der Waals surface area contributed by atoms with Crippen LogP contribution in [-0.2, 0) is 4.79 Å². The van der Waals surface area contributed by atoms with E-state index in [0.717, 1.165) is 0 Å². The van der Waals surface area contributed by atoms with E-state index in [4.69, 9.17) is 10.4 Å². The Hall–Kier alpha value is 0.596. The van der Waals surface area contributed by atoms with E-state index >= 15 is 0 Å². The Morgan fingerprint density at radius 1 is 1.86 bits per heavy atom. The number of hydrogen-bond acceptors (Lipinski definition) is 2. The number of carboxylic acids is 1. The van der Waals surface area contributed by atoms with Gasteiger partial charge in [-0.25, -0.2) is 0 Å². The zero-order valence-electron chi connectivity index (χ0n) is 3.01. The molecule has 0 aromatic heterocycles. The summed E-state index contributed by atoms with van der Waals surface area (Å²) in [5.41, 5.74) is 0. The van der Waals surface area contributed by atoms with Crippen LogP contribution >= 0.6 is 0 Å². The van der Waals surface area contributed by atoms with Gasteiger partial charge in [-0.2, -0.15) is 5.26 Å². The van der Waals surface area contributed by atoms with Crippen LogP contribution in [0.15, 0.2) is 0 Å². The first-order chi connectivity index (χ1) is 2.77. The molecule has 3 nitrogen and oxygen atoms in total. The van der Waals surface area contributed by atoms with Gasteiger partial charge < -0.3 is 5.11 Å². The number of carboxylic acid groups (broad SMARTS) is 1. The summed E-state index contributed by atoms with van der Waals surface area (Å²) in [4.78, 5) is 9.38. The number of rotatable bonds is 1. The Morgan fingerprint density at radius 2 is 2.29 bits per heavy atom. The first-order valence-corrected chi connectivity index (χ1v) is 1.36. The van der Waals surface area contributed by atoms with E-state index in [2.05, 4.69) is 0 Å². The molecule has 0 radical (unpaired) electrons. The van der Waals surface area contributed by atoms with Gasteiger partial charge in [-0.15, -0.1) is 0 Å². The van der Waals surface area contributed by atoms with Crippen LogP contribution in [-0.4, -0.2) is 62.5 Å². The van der Waals surface area contributed by atoms with Crippen molar-refractivity contribution in [1.29, 1.82) is 5.26 Å². The SMILES string of the molecule is N#CCC(=O)O.[KH]. The van der Waals surface area contributed by atoms with Crippen LogP contribution < -0.4 is 0 Å². The van der Waals surface area contributed by atoms with Crippen LogP contribution in [0.5, 0.6) is 0 Å². The van der Waals surface area contributed by atoms with Crippen LogP contribution in [0, 0.1) is 11.3 Å². The number of aliphatic carboxylic acids is 1. The van der Waals surface area contributed by atoms with Gasteiger partial charge in [0.05, 0.1) is 6.07 Å². The third kappa shape index (κ3) is 10.8. The number of nitriles is 1. The molecule has 0 rings (SSSR count). The summed E-state index contributed by atoms with van der Waals surface area (Å²) in [6.45, 7) is 0. The first kappa shape index (κ1) is 10.6. The fourth-order valence-corrected chi connectivity index (χ4v) is 0.0676. The van der Waals surface area contributed by atoms with Crippen molar-refractivity contribution < 1.29 is 9.90 Å². The third-order valence-electron chi connectivity index (χ3n) is 0.230. The fraction of sp³-hybridized carbons (Fsp3) is 0.333. The molecule has 0 fully saturated rings. The van der Waals surface area contributed by atoms with Gasteiger partial charge in [0, 0.05) is 0 Å². The van der Waals surface area contributed by atoms with Crippen LogP contribution in [0.3, 0.4) is 0 Å². The number of carbonyl (C=O) groups is 1.